The molecule has 12 nitrogen and oxygen atoms in total. The van der Waals surface area contributed by atoms with E-state index in [4.69, 9.17) is 27.9 Å². The van der Waals surface area contributed by atoms with Crippen molar-refractivity contribution in [3.05, 3.63) is 64.3 Å². The van der Waals surface area contributed by atoms with E-state index in [-0.39, 0.29) is 32.9 Å². The predicted octanol–water partition coefficient (Wildman–Crippen LogP) is 4.64. The van der Waals surface area contributed by atoms with Gasteiger partial charge in [0.15, 0.2) is 15.7 Å². The molecule has 0 aliphatic rings. The Balaban J connectivity index is 1.87. The number of benzene rings is 2. The number of hydrogen-bond donors (Lipinski definition) is 3. The molecule has 42 heavy (non-hydrogen) atoms. The lowest BCUT2D eigenvalue weighted by molar-refractivity contribution is -0.137. The number of rotatable bonds is 13. The first-order chi connectivity index (χ1) is 19.8. The largest absolute Gasteiger partial charge is 0.480 e. The predicted molar refractivity (Wildman–Crippen MR) is 163 cm³/mol. The number of anilines is 3. The molecule has 0 radical (unpaired) electrons. The van der Waals surface area contributed by atoms with E-state index in [1.165, 1.54) is 29.3 Å². The zero-order valence-corrected chi connectivity index (χ0v) is 25.8. The summed E-state index contributed by atoms with van der Waals surface area (Å²) >= 11 is 12.0. The number of carbonyl (C=O) groups excluding carboxylic acids is 1. The first-order valence-electron chi connectivity index (χ1n) is 12.8. The minimum Gasteiger partial charge on any atom is -0.480 e. The summed E-state index contributed by atoms with van der Waals surface area (Å²) < 4.78 is 31.2. The highest BCUT2D eigenvalue weighted by Gasteiger charge is 2.23. The number of hydrogen-bond acceptors (Lipinski definition) is 10. The number of nitrogens with one attached hydrogen (secondary N) is 2. The molecule has 3 aromatic rings. The number of carbonyl (C=O) groups is 2. The third-order valence-corrected chi connectivity index (χ3v) is 7.93. The van der Waals surface area contributed by atoms with Gasteiger partial charge in [-0.15, -0.1) is 0 Å². The van der Waals surface area contributed by atoms with Crippen LogP contribution >= 0.6 is 23.2 Å². The monoisotopic (exact) mass is 638 g/mol. The van der Waals surface area contributed by atoms with Gasteiger partial charge in [-0.3, -0.25) is 0 Å². The number of carboxylic acids is 1. The standard InChI is InChI=1S/C27H32Cl2N6O6S/c1-5-35(6-2)26-30-15-23(31-16-42(39,40)21-13-18(28)12-19(29)14-21)24(33-26)32-22(25(36)37)11-17-7-9-20(10-8-17)41-27(38)34(3)4/h7-10,12-15,22,31H,5-6,11,16H2,1-4H3,(H,36,37)(H,30,32,33). The first-order valence-corrected chi connectivity index (χ1v) is 15.3. The number of halogens is 2. The summed E-state index contributed by atoms with van der Waals surface area (Å²) in [6.45, 7) is 5.04. The van der Waals surface area contributed by atoms with Gasteiger partial charge >= 0.3 is 12.1 Å². The van der Waals surface area contributed by atoms with Crippen molar-refractivity contribution in [2.75, 3.05) is 48.6 Å². The molecular weight excluding hydrogens is 607 g/mol. The van der Waals surface area contributed by atoms with Crippen molar-refractivity contribution in [3.63, 3.8) is 0 Å². The number of amides is 1. The van der Waals surface area contributed by atoms with Crippen LogP contribution in [-0.2, 0) is 21.1 Å². The molecule has 1 aromatic heterocycles. The van der Waals surface area contributed by atoms with Gasteiger partial charge in [0.2, 0.25) is 5.95 Å². The summed E-state index contributed by atoms with van der Waals surface area (Å²) in [5, 5.41) is 16.1. The van der Waals surface area contributed by atoms with Crippen LogP contribution in [0.15, 0.2) is 53.6 Å². The highest BCUT2D eigenvalue weighted by Crippen LogP contribution is 2.26. The molecule has 0 aliphatic heterocycles. The Hall–Kier alpha value is -3.81. The van der Waals surface area contributed by atoms with Gasteiger partial charge in [-0.25, -0.2) is 23.0 Å². The molecule has 1 amide bonds. The van der Waals surface area contributed by atoms with E-state index in [1.807, 2.05) is 18.7 Å². The molecule has 0 saturated carbocycles. The van der Waals surface area contributed by atoms with Crippen molar-refractivity contribution >= 4 is 62.6 Å². The molecule has 1 heterocycles. The molecule has 0 spiro atoms. The zero-order valence-electron chi connectivity index (χ0n) is 23.5. The Morgan fingerprint density at radius 3 is 2.21 bits per heavy atom. The number of carboxylic acid groups (broad SMARTS) is 1. The third kappa shape index (κ3) is 8.84. The van der Waals surface area contributed by atoms with Crippen LogP contribution in [0.2, 0.25) is 10.0 Å². The molecular formula is C27H32Cl2N6O6S. The Kier molecular flexibility index (Phi) is 11.2. The summed E-state index contributed by atoms with van der Waals surface area (Å²) in [7, 11) is -0.777. The lowest BCUT2D eigenvalue weighted by Gasteiger charge is -2.22. The van der Waals surface area contributed by atoms with Crippen LogP contribution in [0, 0.1) is 0 Å². The number of ether oxygens (including phenoxy) is 1. The van der Waals surface area contributed by atoms with Gasteiger partial charge in [0, 0.05) is 43.7 Å². The van der Waals surface area contributed by atoms with Crippen molar-refractivity contribution in [2.45, 2.75) is 31.2 Å². The summed E-state index contributed by atoms with van der Waals surface area (Å²) in [6, 6.07) is 9.29. The van der Waals surface area contributed by atoms with E-state index in [0.717, 1.165) is 0 Å². The van der Waals surface area contributed by atoms with Gasteiger partial charge in [0.25, 0.3) is 0 Å². The molecule has 3 N–H and O–H groups in total. The SMILES string of the molecule is CCN(CC)c1ncc(NCS(=O)(=O)c2cc(Cl)cc(Cl)c2)c(NC(Cc2ccc(OC(=O)N(C)C)cc2)C(=O)O)n1. The molecule has 1 atom stereocenters. The minimum atomic E-state index is -3.90. The van der Waals surface area contributed by atoms with E-state index in [0.29, 0.717) is 30.4 Å². The average Bonchev–Trinajstić information content (AvgIpc) is 2.93. The maximum atomic E-state index is 13.0. The van der Waals surface area contributed by atoms with Crippen LogP contribution in [0.1, 0.15) is 19.4 Å². The second kappa shape index (κ2) is 14.4. The summed E-state index contributed by atoms with van der Waals surface area (Å²) in [5.74, 6) is -0.959. The molecule has 0 fully saturated rings. The fourth-order valence-electron chi connectivity index (χ4n) is 3.72. The Labute approximate surface area is 254 Å². The second-order valence-electron chi connectivity index (χ2n) is 9.29. The molecule has 226 valence electrons. The smallest absolute Gasteiger partial charge is 0.414 e. The number of aromatic nitrogens is 2. The fourth-order valence-corrected chi connectivity index (χ4v) is 5.50. The quantitative estimate of drug-likeness (QED) is 0.240. The fraction of sp³-hybridized carbons (Fsp3) is 0.333. The molecule has 0 saturated heterocycles. The van der Waals surface area contributed by atoms with Crippen LogP contribution in [0.3, 0.4) is 0 Å². The van der Waals surface area contributed by atoms with Crippen molar-refractivity contribution in [1.29, 1.82) is 0 Å². The van der Waals surface area contributed by atoms with Gasteiger partial charge in [0.1, 0.15) is 17.7 Å². The molecule has 2 aromatic carbocycles. The highest BCUT2D eigenvalue weighted by atomic mass is 35.5. The van der Waals surface area contributed by atoms with Crippen LogP contribution in [0.5, 0.6) is 5.75 Å². The van der Waals surface area contributed by atoms with Gasteiger partial charge in [-0.1, -0.05) is 35.3 Å². The van der Waals surface area contributed by atoms with Crippen molar-refractivity contribution < 1.29 is 27.9 Å². The van der Waals surface area contributed by atoms with E-state index in [2.05, 4.69) is 20.6 Å². The number of nitrogens with zero attached hydrogens (tertiary/aromatic N) is 4. The van der Waals surface area contributed by atoms with Gasteiger partial charge in [-0.2, -0.15) is 4.98 Å². The lowest BCUT2D eigenvalue weighted by atomic mass is 10.1. The van der Waals surface area contributed by atoms with Crippen molar-refractivity contribution in [2.24, 2.45) is 0 Å². The maximum Gasteiger partial charge on any atom is 0.414 e. The van der Waals surface area contributed by atoms with E-state index in [9.17, 15) is 23.1 Å². The molecule has 0 bridgehead atoms. The van der Waals surface area contributed by atoms with Crippen molar-refractivity contribution in [1.82, 2.24) is 14.9 Å². The summed E-state index contributed by atoms with van der Waals surface area (Å²) in [4.78, 5) is 36.0. The molecule has 15 heteroatoms. The lowest BCUT2D eigenvalue weighted by Crippen LogP contribution is -2.33. The van der Waals surface area contributed by atoms with Crippen LogP contribution in [-0.4, -0.2) is 79.6 Å². The van der Waals surface area contributed by atoms with Crippen LogP contribution in [0.25, 0.3) is 0 Å². The summed E-state index contributed by atoms with van der Waals surface area (Å²) in [5.41, 5.74) is 0.826. The molecule has 3 rings (SSSR count). The third-order valence-electron chi connectivity index (χ3n) is 6.01. The topological polar surface area (TPSA) is 154 Å². The first kappa shape index (κ1) is 32.7. The number of aliphatic carboxylic acids is 1. The second-order valence-corrected chi connectivity index (χ2v) is 12.2. The minimum absolute atomic E-state index is 0.0423. The molecule has 1 unspecified atom stereocenters. The highest BCUT2D eigenvalue weighted by molar-refractivity contribution is 7.91. The zero-order chi connectivity index (χ0) is 31.0. The van der Waals surface area contributed by atoms with E-state index < -0.39 is 33.8 Å². The van der Waals surface area contributed by atoms with Gasteiger partial charge in [0.05, 0.1) is 16.8 Å². The van der Waals surface area contributed by atoms with Crippen LogP contribution < -0.4 is 20.3 Å². The maximum absolute atomic E-state index is 13.0. The Morgan fingerprint density at radius 1 is 1.05 bits per heavy atom. The molecule has 0 aliphatic carbocycles. The normalized spacial score (nSPS) is 11.9. The Morgan fingerprint density at radius 2 is 1.67 bits per heavy atom. The van der Waals surface area contributed by atoms with Crippen LogP contribution in [0.4, 0.5) is 22.2 Å². The Bertz CT molecular complexity index is 1500. The average molecular weight is 640 g/mol. The van der Waals surface area contributed by atoms with E-state index in [1.54, 1.807) is 38.4 Å². The van der Waals surface area contributed by atoms with E-state index >= 15 is 0 Å². The van der Waals surface area contributed by atoms with Gasteiger partial charge < -0.3 is 30.3 Å². The number of sulfone groups is 1. The van der Waals surface area contributed by atoms with Crippen molar-refractivity contribution in [3.8, 4) is 5.75 Å². The van der Waals surface area contributed by atoms with Gasteiger partial charge in [-0.05, 0) is 49.7 Å². The summed E-state index contributed by atoms with van der Waals surface area (Å²) in [6.07, 6.45) is 0.901.